The van der Waals surface area contributed by atoms with Crippen LogP contribution in [0.15, 0.2) is 36.7 Å². The lowest BCUT2D eigenvalue weighted by atomic mass is 9.93. The quantitative estimate of drug-likeness (QED) is 0.765. The average molecular weight is 337 g/mol. The number of hydrogen-bond acceptors (Lipinski definition) is 5. The van der Waals surface area contributed by atoms with Crippen LogP contribution < -0.4 is 5.32 Å². The molecule has 2 N–H and O–H groups in total. The van der Waals surface area contributed by atoms with Crippen molar-refractivity contribution in [2.45, 2.75) is 51.2 Å². The van der Waals surface area contributed by atoms with E-state index < -0.39 is 0 Å². The molecule has 25 heavy (non-hydrogen) atoms. The molecule has 0 bridgehead atoms. The van der Waals surface area contributed by atoms with Crippen LogP contribution in [-0.4, -0.2) is 37.0 Å². The van der Waals surface area contributed by atoms with Crippen molar-refractivity contribution in [1.29, 1.82) is 0 Å². The molecule has 0 radical (unpaired) electrons. The number of rotatable bonds is 4. The van der Waals surface area contributed by atoms with Gasteiger partial charge in [0.1, 0.15) is 0 Å². The Morgan fingerprint density at radius 1 is 1.20 bits per heavy atom. The van der Waals surface area contributed by atoms with Crippen molar-refractivity contribution in [3.05, 3.63) is 42.2 Å². The molecule has 1 aliphatic carbocycles. The highest BCUT2D eigenvalue weighted by Gasteiger charge is 2.20. The fraction of sp³-hybridized carbons (Fsp3) is 0.421. The van der Waals surface area contributed by atoms with E-state index in [1.54, 1.807) is 6.20 Å². The summed E-state index contributed by atoms with van der Waals surface area (Å²) in [5, 5.41) is 18.7. The third kappa shape index (κ3) is 3.22. The van der Waals surface area contributed by atoms with Gasteiger partial charge in [0.2, 0.25) is 5.95 Å². The minimum atomic E-state index is -0.159. The van der Waals surface area contributed by atoms with Gasteiger partial charge in [-0.05, 0) is 43.7 Å². The Balaban J connectivity index is 1.61. The second-order valence-electron chi connectivity index (χ2n) is 6.65. The molecular weight excluding hydrogens is 314 g/mol. The number of aromatic nitrogens is 4. The lowest BCUT2D eigenvalue weighted by Gasteiger charge is -2.26. The van der Waals surface area contributed by atoms with Crippen molar-refractivity contribution in [2.24, 2.45) is 0 Å². The summed E-state index contributed by atoms with van der Waals surface area (Å²) in [6.45, 7) is 2.15. The van der Waals surface area contributed by atoms with Crippen molar-refractivity contribution in [3.8, 4) is 5.82 Å². The van der Waals surface area contributed by atoms with Gasteiger partial charge < -0.3 is 10.4 Å². The lowest BCUT2D eigenvalue weighted by Crippen LogP contribution is -2.29. The molecule has 0 atom stereocenters. The van der Waals surface area contributed by atoms with Crippen LogP contribution in [0.25, 0.3) is 16.7 Å². The largest absolute Gasteiger partial charge is 0.393 e. The number of fused-ring (bicyclic) bond motifs is 1. The van der Waals surface area contributed by atoms with E-state index in [0.29, 0.717) is 12.0 Å². The molecule has 1 aliphatic rings. The fourth-order valence-electron chi connectivity index (χ4n) is 3.54. The Morgan fingerprint density at radius 3 is 2.84 bits per heavy atom. The lowest BCUT2D eigenvalue weighted by molar-refractivity contribution is 0.126. The van der Waals surface area contributed by atoms with Gasteiger partial charge in [0, 0.05) is 23.7 Å². The summed E-state index contributed by atoms with van der Waals surface area (Å²) in [7, 11) is 0. The first-order chi connectivity index (χ1) is 12.2. The van der Waals surface area contributed by atoms with E-state index in [1.807, 2.05) is 16.9 Å². The molecule has 3 aromatic rings. The molecule has 0 amide bonds. The molecule has 0 unspecified atom stereocenters. The van der Waals surface area contributed by atoms with E-state index in [0.717, 1.165) is 43.4 Å². The summed E-state index contributed by atoms with van der Waals surface area (Å²) in [4.78, 5) is 9.00. The second kappa shape index (κ2) is 6.80. The van der Waals surface area contributed by atoms with Crippen LogP contribution >= 0.6 is 0 Å². The molecule has 1 fully saturated rings. The van der Waals surface area contributed by atoms with E-state index in [4.69, 9.17) is 0 Å². The maximum absolute atomic E-state index is 9.63. The molecule has 2 heterocycles. The van der Waals surface area contributed by atoms with Crippen LogP contribution in [0, 0.1) is 0 Å². The van der Waals surface area contributed by atoms with Crippen molar-refractivity contribution in [3.63, 3.8) is 0 Å². The first-order valence-corrected chi connectivity index (χ1v) is 8.98. The fourth-order valence-corrected chi connectivity index (χ4v) is 3.54. The van der Waals surface area contributed by atoms with E-state index >= 15 is 0 Å². The number of nitrogens with zero attached hydrogens (tertiary/aromatic N) is 4. The molecule has 0 aliphatic heterocycles. The third-order valence-corrected chi connectivity index (χ3v) is 4.97. The number of hydrogen-bond donors (Lipinski definition) is 2. The summed E-state index contributed by atoms with van der Waals surface area (Å²) in [5.74, 6) is 1.38. The minimum Gasteiger partial charge on any atom is -0.393 e. The third-order valence-electron chi connectivity index (χ3n) is 4.97. The highest BCUT2D eigenvalue weighted by atomic mass is 16.3. The molecule has 130 valence electrons. The van der Waals surface area contributed by atoms with E-state index in [-0.39, 0.29) is 6.10 Å². The number of aryl methyl sites for hydroxylation is 1. The van der Waals surface area contributed by atoms with Crippen LogP contribution in [0.1, 0.15) is 38.2 Å². The van der Waals surface area contributed by atoms with Crippen LogP contribution in [0.4, 0.5) is 5.95 Å². The molecular formula is C19H23N5O. The molecule has 4 rings (SSSR count). The van der Waals surface area contributed by atoms with Crippen molar-refractivity contribution in [1.82, 2.24) is 19.7 Å². The van der Waals surface area contributed by atoms with Crippen LogP contribution in [0.5, 0.6) is 0 Å². The van der Waals surface area contributed by atoms with E-state index in [1.165, 1.54) is 10.9 Å². The van der Waals surface area contributed by atoms with Crippen LogP contribution in [0.2, 0.25) is 0 Å². The smallest absolute Gasteiger partial charge is 0.224 e. The van der Waals surface area contributed by atoms with Gasteiger partial charge in [-0.25, -0.2) is 9.67 Å². The van der Waals surface area contributed by atoms with Gasteiger partial charge in [-0.2, -0.15) is 10.1 Å². The predicted molar refractivity (Wildman–Crippen MR) is 97.9 cm³/mol. The summed E-state index contributed by atoms with van der Waals surface area (Å²) in [6, 6.07) is 8.46. The van der Waals surface area contributed by atoms with Crippen LogP contribution in [-0.2, 0) is 6.42 Å². The van der Waals surface area contributed by atoms with Gasteiger partial charge in [0.15, 0.2) is 5.82 Å². The topological polar surface area (TPSA) is 75.9 Å². The Bertz CT molecular complexity index is 867. The van der Waals surface area contributed by atoms with Crippen molar-refractivity contribution >= 4 is 16.9 Å². The maximum Gasteiger partial charge on any atom is 0.224 e. The number of benzene rings is 1. The Morgan fingerprint density at radius 2 is 2.04 bits per heavy atom. The normalized spacial score (nSPS) is 20.7. The molecule has 6 nitrogen and oxygen atoms in total. The van der Waals surface area contributed by atoms with Crippen LogP contribution in [0.3, 0.4) is 0 Å². The second-order valence-corrected chi connectivity index (χ2v) is 6.65. The van der Waals surface area contributed by atoms with Crippen molar-refractivity contribution in [2.75, 3.05) is 5.32 Å². The predicted octanol–water partition coefficient (Wildman–Crippen LogP) is 3.09. The molecule has 2 aromatic heterocycles. The minimum absolute atomic E-state index is 0.159. The summed E-state index contributed by atoms with van der Waals surface area (Å²) >= 11 is 0. The zero-order valence-electron chi connectivity index (χ0n) is 14.4. The van der Waals surface area contributed by atoms with Gasteiger partial charge in [0.05, 0.1) is 17.8 Å². The zero-order valence-corrected chi connectivity index (χ0v) is 14.4. The monoisotopic (exact) mass is 337 g/mol. The molecule has 6 heteroatoms. The standard InChI is InChI=1S/C19H23N5O/c1-2-13-4-3-5-17-16(13)12-21-24(17)18-10-11-20-19(23-18)22-14-6-8-15(25)9-7-14/h3-5,10-12,14-15,25H,2,6-9H2,1H3,(H,20,22,23). The van der Waals surface area contributed by atoms with Gasteiger partial charge in [0.25, 0.3) is 0 Å². The highest BCUT2D eigenvalue weighted by Crippen LogP contribution is 2.23. The molecule has 0 spiro atoms. The van der Waals surface area contributed by atoms with Gasteiger partial charge in [-0.15, -0.1) is 0 Å². The Labute approximate surface area is 146 Å². The Kier molecular flexibility index (Phi) is 4.36. The maximum atomic E-state index is 9.63. The molecule has 1 saturated carbocycles. The summed E-state index contributed by atoms with van der Waals surface area (Å²) < 4.78 is 1.87. The SMILES string of the molecule is CCc1cccc2c1cnn2-c1ccnc(NC2CCC(O)CC2)n1. The van der Waals surface area contributed by atoms with Crippen molar-refractivity contribution < 1.29 is 5.11 Å². The van der Waals surface area contributed by atoms with Gasteiger partial charge in [-0.1, -0.05) is 19.1 Å². The Hall–Kier alpha value is -2.47. The summed E-state index contributed by atoms with van der Waals surface area (Å²) in [6.07, 6.45) is 8.05. The van der Waals surface area contributed by atoms with E-state index in [2.05, 4.69) is 45.5 Å². The highest BCUT2D eigenvalue weighted by molar-refractivity contribution is 5.83. The first-order valence-electron chi connectivity index (χ1n) is 8.98. The van der Waals surface area contributed by atoms with Gasteiger partial charge >= 0.3 is 0 Å². The molecule has 0 saturated heterocycles. The zero-order chi connectivity index (χ0) is 17.2. The van der Waals surface area contributed by atoms with E-state index in [9.17, 15) is 5.11 Å². The summed E-state index contributed by atoms with van der Waals surface area (Å²) in [5.41, 5.74) is 2.35. The average Bonchev–Trinajstić information content (AvgIpc) is 3.08. The molecule has 1 aromatic carbocycles. The number of anilines is 1. The first kappa shape index (κ1) is 16.0. The van der Waals surface area contributed by atoms with Gasteiger partial charge in [-0.3, -0.25) is 0 Å². The number of aliphatic hydroxyl groups excluding tert-OH is 1. The number of aliphatic hydroxyl groups is 1. The number of nitrogens with one attached hydrogen (secondary N) is 1.